The fourth-order valence-electron chi connectivity index (χ4n) is 4.35. The van der Waals surface area contributed by atoms with E-state index in [-0.39, 0.29) is 35.4 Å². The molecule has 0 radical (unpaired) electrons. The van der Waals surface area contributed by atoms with E-state index in [2.05, 4.69) is 5.32 Å². The summed E-state index contributed by atoms with van der Waals surface area (Å²) in [4.78, 5) is 27.4. The van der Waals surface area contributed by atoms with E-state index < -0.39 is 45.3 Å². The van der Waals surface area contributed by atoms with Crippen molar-refractivity contribution in [1.82, 2.24) is 4.90 Å². The van der Waals surface area contributed by atoms with Crippen molar-refractivity contribution >= 4 is 27.3 Å². The van der Waals surface area contributed by atoms with E-state index in [0.717, 1.165) is 31.2 Å². The van der Waals surface area contributed by atoms with Crippen LogP contribution in [0.5, 0.6) is 0 Å². The van der Waals surface area contributed by atoms with Gasteiger partial charge in [-0.05, 0) is 54.2 Å². The van der Waals surface area contributed by atoms with Crippen molar-refractivity contribution in [2.24, 2.45) is 5.92 Å². The summed E-state index contributed by atoms with van der Waals surface area (Å²) in [6, 6.07) is 5.18. The van der Waals surface area contributed by atoms with Crippen LogP contribution in [0.15, 0.2) is 47.4 Å². The molecule has 2 N–H and O–H groups in total. The van der Waals surface area contributed by atoms with Gasteiger partial charge in [0.25, 0.3) is 11.5 Å². The van der Waals surface area contributed by atoms with Crippen LogP contribution in [-0.2, 0) is 31.6 Å². The number of hydrogen-bond acceptors (Lipinski definition) is 5. The zero-order chi connectivity index (χ0) is 28.3. The van der Waals surface area contributed by atoms with Gasteiger partial charge in [-0.15, -0.1) is 0 Å². The molecule has 2 amide bonds. The predicted octanol–water partition coefficient (Wildman–Crippen LogP) is 4.22. The molecule has 2 aliphatic rings. The van der Waals surface area contributed by atoms with E-state index in [1.165, 1.54) is 23.1 Å². The second-order valence-electron chi connectivity index (χ2n) is 9.48. The number of benzene rings is 2. The highest BCUT2D eigenvalue weighted by Crippen LogP contribution is 2.50. The summed E-state index contributed by atoms with van der Waals surface area (Å²) in [5.74, 6) is -0.967. The van der Waals surface area contributed by atoms with Gasteiger partial charge in [-0.25, -0.2) is 8.42 Å². The molecule has 1 heterocycles. The molecule has 0 aromatic heterocycles. The molecule has 0 spiro atoms. The lowest BCUT2D eigenvalue weighted by Crippen LogP contribution is -2.53. The number of alkyl halides is 6. The largest absolute Gasteiger partial charge is 0.430 e. The lowest BCUT2D eigenvalue weighted by molar-refractivity contribution is -0.376. The van der Waals surface area contributed by atoms with Crippen LogP contribution in [-0.4, -0.2) is 48.8 Å². The van der Waals surface area contributed by atoms with E-state index in [9.17, 15) is 49.5 Å². The van der Waals surface area contributed by atoms with Gasteiger partial charge in [-0.1, -0.05) is 18.2 Å². The number of carbonyl (C=O) groups is 2. The number of nitrogens with one attached hydrogen (secondary N) is 1. The molecule has 14 heteroatoms. The number of sulfone groups is 1. The van der Waals surface area contributed by atoms with E-state index in [0.29, 0.717) is 23.3 Å². The molecule has 38 heavy (non-hydrogen) atoms. The number of anilines is 1. The van der Waals surface area contributed by atoms with Crippen LogP contribution in [0.25, 0.3) is 0 Å². The quantitative estimate of drug-likeness (QED) is 0.512. The molecular weight excluding hydrogens is 542 g/mol. The van der Waals surface area contributed by atoms with Crippen molar-refractivity contribution in [3.05, 3.63) is 59.2 Å². The Bertz CT molecular complexity index is 1350. The molecule has 1 fully saturated rings. The molecule has 1 aliphatic heterocycles. The van der Waals surface area contributed by atoms with Gasteiger partial charge in [0.1, 0.15) is 6.04 Å². The van der Waals surface area contributed by atoms with Crippen molar-refractivity contribution in [1.29, 1.82) is 0 Å². The summed E-state index contributed by atoms with van der Waals surface area (Å²) in [5, 5.41) is 11.9. The first-order valence-electron chi connectivity index (χ1n) is 11.3. The molecule has 2 aromatic rings. The molecule has 0 bridgehead atoms. The third-order valence-corrected chi connectivity index (χ3v) is 7.72. The first-order valence-corrected chi connectivity index (χ1v) is 13.2. The fourth-order valence-corrected chi connectivity index (χ4v) is 5.03. The average Bonchev–Trinajstić information content (AvgIpc) is 3.52. The smallest absolute Gasteiger partial charge is 0.369 e. The van der Waals surface area contributed by atoms with Gasteiger partial charge in [-0.2, -0.15) is 26.3 Å². The van der Waals surface area contributed by atoms with Crippen LogP contribution in [0, 0.1) is 5.92 Å². The topological polar surface area (TPSA) is 104 Å². The van der Waals surface area contributed by atoms with Crippen molar-refractivity contribution in [3.63, 3.8) is 0 Å². The Morgan fingerprint density at radius 3 is 2.08 bits per heavy atom. The molecule has 206 valence electrons. The third-order valence-electron chi connectivity index (χ3n) is 6.61. The van der Waals surface area contributed by atoms with Crippen molar-refractivity contribution in [2.75, 3.05) is 11.6 Å². The minimum atomic E-state index is -6.06. The monoisotopic (exact) mass is 564 g/mol. The van der Waals surface area contributed by atoms with Crippen LogP contribution in [0.3, 0.4) is 0 Å². The zero-order valence-electron chi connectivity index (χ0n) is 19.7. The Morgan fingerprint density at radius 2 is 1.58 bits per heavy atom. The highest BCUT2D eigenvalue weighted by molar-refractivity contribution is 7.90. The van der Waals surface area contributed by atoms with Gasteiger partial charge in [0, 0.05) is 30.5 Å². The Labute approximate surface area is 213 Å². The summed E-state index contributed by atoms with van der Waals surface area (Å²) in [6.45, 7) is -0.0501. The Kier molecular flexibility index (Phi) is 6.80. The maximum atomic E-state index is 13.2. The predicted molar refractivity (Wildman–Crippen MR) is 121 cm³/mol. The van der Waals surface area contributed by atoms with Crippen LogP contribution in [0.2, 0.25) is 0 Å². The van der Waals surface area contributed by atoms with E-state index >= 15 is 0 Å². The molecule has 4 rings (SSSR count). The van der Waals surface area contributed by atoms with Crippen LogP contribution < -0.4 is 5.32 Å². The summed E-state index contributed by atoms with van der Waals surface area (Å²) in [6.07, 6.45) is -9.22. The number of rotatable bonds is 6. The molecule has 7 nitrogen and oxygen atoms in total. The minimum Gasteiger partial charge on any atom is -0.369 e. The maximum absolute atomic E-state index is 13.2. The van der Waals surface area contributed by atoms with Gasteiger partial charge in [0.15, 0.2) is 9.84 Å². The van der Waals surface area contributed by atoms with Crippen LogP contribution in [0.1, 0.15) is 42.0 Å². The summed E-state index contributed by atoms with van der Waals surface area (Å²) in [7, 11) is -3.58. The molecule has 0 saturated heterocycles. The lowest BCUT2D eigenvalue weighted by atomic mass is 9.92. The first-order chi connectivity index (χ1) is 17.4. The number of hydrogen-bond donors (Lipinski definition) is 2. The Balaban J connectivity index is 1.63. The molecule has 1 saturated carbocycles. The fraction of sp³-hybridized carbons (Fsp3) is 0.417. The highest BCUT2D eigenvalue weighted by Gasteiger charge is 2.71. The third kappa shape index (κ3) is 5.10. The molecule has 1 aliphatic carbocycles. The Hall–Kier alpha value is -3.13. The number of aliphatic hydroxyl groups is 1. The maximum Gasteiger partial charge on any atom is 0.430 e. The SMILES string of the molecule is CS(=O)(=O)c1ccc2c(c1)CN(C(=O)CC1CC1)C2C(=O)Nc1ccc(C(O)(C(F)(F)F)C(F)(F)F)cc1. The molecule has 2 aromatic carbocycles. The molecular formula is C24H22F6N2O5S. The standard InChI is InChI=1S/C24H22F6N2O5S/c1-38(36,37)17-8-9-18-14(11-17)12-32(19(33)10-13-2-3-13)20(18)21(34)31-16-6-4-15(5-7-16)22(35,23(25,26)27)24(28,29)30/h4-9,11,13,20,35H,2-3,10,12H2,1H3,(H,31,34). The van der Waals surface area contributed by atoms with Crippen molar-refractivity contribution < 1.29 is 49.5 Å². The number of carbonyl (C=O) groups excluding carboxylic acids is 2. The highest BCUT2D eigenvalue weighted by atomic mass is 32.2. The summed E-state index contributed by atoms with van der Waals surface area (Å²) < 4.78 is 103. The zero-order valence-corrected chi connectivity index (χ0v) is 20.5. The van der Waals surface area contributed by atoms with Crippen molar-refractivity contribution in [2.45, 2.75) is 54.7 Å². The number of halogens is 6. The Morgan fingerprint density at radius 1 is 1.00 bits per heavy atom. The van der Waals surface area contributed by atoms with Crippen LogP contribution in [0.4, 0.5) is 32.0 Å². The van der Waals surface area contributed by atoms with Crippen molar-refractivity contribution in [3.8, 4) is 0 Å². The van der Waals surface area contributed by atoms with Gasteiger partial charge in [0.2, 0.25) is 5.91 Å². The number of nitrogens with zero attached hydrogens (tertiary/aromatic N) is 1. The normalized spacial score (nSPS) is 18.3. The first kappa shape index (κ1) is 27.9. The van der Waals surface area contributed by atoms with E-state index in [1.54, 1.807) is 0 Å². The second-order valence-corrected chi connectivity index (χ2v) is 11.5. The van der Waals surface area contributed by atoms with Gasteiger partial charge < -0.3 is 15.3 Å². The molecule has 1 atom stereocenters. The summed E-state index contributed by atoms with van der Waals surface area (Å²) in [5.41, 5.74) is -6.01. The van der Waals surface area contributed by atoms with Gasteiger partial charge >= 0.3 is 12.4 Å². The number of amides is 2. The second kappa shape index (κ2) is 9.26. The minimum absolute atomic E-state index is 0.00990. The number of fused-ring (bicyclic) bond motifs is 1. The van der Waals surface area contributed by atoms with Gasteiger partial charge in [0.05, 0.1) is 4.90 Å². The van der Waals surface area contributed by atoms with E-state index in [4.69, 9.17) is 0 Å². The van der Waals surface area contributed by atoms with Gasteiger partial charge in [-0.3, -0.25) is 9.59 Å². The molecule has 1 unspecified atom stereocenters. The lowest BCUT2D eigenvalue weighted by Gasteiger charge is -2.32. The van der Waals surface area contributed by atoms with Crippen LogP contribution >= 0.6 is 0 Å². The summed E-state index contributed by atoms with van der Waals surface area (Å²) >= 11 is 0. The average molecular weight is 565 g/mol. The van der Waals surface area contributed by atoms with E-state index in [1.807, 2.05) is 0 Å².